The smallest absolute Gasteiger partial charge is 0.0548 e. The molecule has 0 aliphatic heterocycles. The Labute approximate surface area is 266 Å². The van der Waals surface area contributed by atoms with Crippen molar-refractivity contribution in [3.8, 4) is 22.5 Å². The van der Waals surface area contributed by atoms with Gasteiger partial charge in [-0.3, -0.25) is 0 Å². The second kappa shape index (κ2) is 9.69. The van der Waals surface area contributed by atoms with E-state index in [1.54, 1.807) is 0 Å². The molecule has 0 saturated carbocycles. The molecule has 2 nitrogen and oxygen atoms in total. The Morgan fingerprint density at radius 2 is 0.804 bits per heavy atom. The van der Waals surface area contributed by atoms with Gasteiger partial charge < -0.3 is 9.13 Å². The summed E-state index contributed by atoms with van der Waals surface area (Å²) in [5.41, 5.74) is 9.69. The Morgan fingerprint density at radius 1 is 0.283 bits per heavy atom. The lowest BCUT2D eigenvalue weighted by atomic mass is 9.98. The summed E-state index contributed by atoms with van der Waals surface area (Å²) in [4.78, 5) is 0. The standard InChI is InChI=1S/C44H28N2/c1-2-12-32-26-34(25-20-29(32)10-1)46-42-19-8-6-16-38(42)40-27-43-39(28-44(40)46)37-15-5-7-18-41(37)45(43)33-23-21-31(22-24-33)36-17-9-13-30-11-3-4-14-35(30)36/h1-28H. The van der Waals surface area contributed by atoms with Crippen LogP contribution in [0.5, 0.6) is 0 Å². The van der Waals surface area contributed by atoms with Crippen molar-refractivity contribution >= 4 is 65.2 Å². The van der Waals surface area contributed by atoms with Crippen LogP contribution in [-0.4, -0.2) is 9.13 Å². The third-order valence-corrected chi connectivity index (χ3v) is 9.68. The first-order valence-electron chi connectivity index (χ1n) is 15.9. The molecule has 0 unspecified atom stereocenters. The minimum Gasteiger partial charge on any atom is -0.309 e. The second-order valence-electron chi connectivity index (χ2n) is 12.2. The van der Waals surface area contributed by atoms with E-state index in [-0.39, 0.29) is 0 Å². The fraction of sp³-hybridized carbons (Fsp3) is 0. The first-order valence-corrected chi connectivity index (χ1v) is 15.9. The van der Waals surface area contributed by atoms with Crippen molar-refractivity contribution in [1.82, 2.24) is 9.13 Å². The van der Waals surface area contributed by atoms with E-state index in [4.69, 9.17) is 0 Å². The second-order valence-corrected chi connectivity index (χ2v) is 12.2. The molecule has 10 aromatic rings. The third-order valence-electron chi connectivity index (χ3n) is 9.68. The molecule has 8 aromatic carbocycles. The van der Waals surface area contributed by atoms with Crippen molar-refractivity contribution in [2.24, 2.45) is 0 Å². The van der Waals surface area contributed by atoms with E-state index in [0.717, 1.165) is 5.69 Å². The molecular weight excluding hydrogens is 556 g/mol. The minimum atomic E-state index is 1.16. The molecule has 10 rings (SSSR count). The Morgan fingerprint density at radius 3 is 1.50 bits per heavy atom. The van der Waals surface area contributed by atoms with Crippen molar-refractivity contribution in [3.05, 3.63) is 170 Å². The van der Waals surface area contributed by atoms with Gasteiger partial charge in [-0.05, 0) is 81.2 Å². The van der Waals surface area contributed by atoms with Crippen LogP contribution in [0.4, 0.5) is 0 Å². The molecule has 2 aromatic heterocycles. The molecule has 0 saturated heterocycles. The summed E-state index contributed by atoms with van der Waals surface area (Å²) in [6.45, 7) is 0. The van der Waals surface area contributed by atoms with Crippen LogP contribution in [0.3, 0.4) is 0 Å². The highest BCUT2D eigenvalue weighted by Gasteiger charge is 2.18. The quantitative estimate of drug-likeness (QED) is 0.195. The molecule has 46 heavy (non-hydrogen) atoms. The average molecular weight is 585 g/mol. The van der Waals surface area contributed by atoms with Gasteiger partial charge >= 0.3 is 0 Å². The summed E-state index contributed by atoms with van der Waals surface area (Å²) < 4.78 is 4.86. The summed E-state index contributed by atoms with van der Waals surface area (Å²) >= 11 is 0. The highest BCUT2D eigenvalue weighted by Crippen LogP contribution is 2.40. The van der Waals surface area contributed by atoms with Crippen LogP contribution >= 0.6 is 0 Å². The van der Waals surface area contributed by atoms with E-state index >= 15 is 0 Å². The lowest BCUT2D eigenvalue weighted by Crippen LogP contribution is -1.95. The summed E-state index contributed by atoms with van der Waals surface area (Å²) in [6, 6.07) is 62.0. The molecule has 0 aliphatic carbocycles. The van der Waals surface area contributed by atoms with Crippen LogP contribution in [0.25, 0.3) is 87.7 Å². The van der Waals surface area contributed by atoms with Gasteiger partial charge in [-0.2, -0.15) is 0 Å². The first kappa shape index (κ1) is 25.2. The van der Waals surface area contributed by atoms with Crippen LogP contribution in [0.15, 0.2) is 170 Å². The van der Waals surface area contributed by atoms with Gasteiger partial charge in [0.15, 0.2) is 0 Å². The van der Waals surface area contributed by atoms with E-state index < -0.39 is 0 Å². The van der Waals surface area contributed by atoms with E-state index in [2.05, 4.69) is 179 Å². The van der Waals surface area contributed by atoms with Gasteiger partial charge in [-0.15, -0.1) is 0 Å². The SMILES string of the molecule is c1ccc2cc(-n3c4ccccc4c4cc5c(cc43)c3ccccc3n5-c3ccc(-c4cccc5ccccc45)cc3)ccc2c1. The summed E-state index contributed by atoms with van der Waals surface area (Å²) in [6.07, 6.45) is 0. The van der Waals surface area contributed by atoms with E-state index in [1.165, 1.54) is 82.0 Å². The molecule has 214 valence electrons. The maximum Gasteiger partial charge on any atom is 0.0548 e. The number of nitrogens with zero attached hydrogens (tertiary/aromatic N) is 2. The zero-order chi connectivity index (χ0) is 30.2. The highest BCUT2D eigenvalue weighted by atomic mass is 15.0. The van der Waals surface area contributed by atoms with Crippen molar-refractivity contribution in [2.45, 2.75) is 0 Å². The van der Waals surface area contributed by atoms with Crippen molar-refractivity contribution < 1.29 is 0 Å². The van der Waals surface area contributed by atoms with Gasteiger partial charge in [0.05, 0.1) is 22.1 Å². The molecule has 2 heterocycles. The van der Waals surface area contributed by atoms with Gasteiger partial charge in [0.25, 0.3) is 0 Å². The molecule has 2 heteroatoms. The minimum absolute atomic E-state index is 1.16. The average Bonchev–Trinajstić information content (AvgIpc) is 3.62. The number of fused-ring (bicyclic) bond motifs is 8. The number of aromatic nitrogens is 2. The lowest BCUT2D eigenvalue weighted by molar-refractivity contribution is 1.18. The van der Waals surface area contributed by atoms with Crippen LogP contribution in [-0.2, 0) is 0 Å². The zero-order valence-electron chi connectivity index (χ0n) is 25.1. The van der Waals surface area contributed by atoms with Crippen LogP contribution in [0.2, 0.25) is 0 Å². The van der Waals surface area contributed by atoms with Crippen molar-refractivity contribution in [1.29, 1.82) is 0 Å². The fourth-order valence-corrected chi connectivity index (χ4v) is 7.57. The predicted molar refractivity (Wildman–Crippen MR) is 196 cm³/mol. The summed E-state index contributed by atoms with van der Waals surface area (Å²) in [5, 5.41) is 10.1. The normalized spacial score (nSPS) is 11.9. The molecule has 0 fully saturated rings. The van der Waals surface area contributed by atoms with Gasteiger partial charge in [0.2, 0.25) is 0 Å². The van der Waals surface area contributed by atoms with E-state index in [9.17, 15) is 0 Å². The van der Waals surface area contributed by atoms with E-state index in [1.807, 2.05) is 0 Å². The Balaban J connectivity index is 1.22. The highest BCUT2D eigenvalue weighted by molar-refractivity contribution is 6.19. The number of hydrogen-bond acceptors (Lipinski definition) is 0. The lowest BCUT2D eigenvalue weighted by Gasteiger charge is -2.11. The van der Waals surface area contributed by atoms with Gasteiger partial charge in [-0.1, -0.05) is 121 Å². The zero-order valence-corrected chi connectivity index (χ0v) is 25.1. The van der Waals surface area contributed by atoms with E-state index in [0.29, 0.717) is 0 Å². The van der Waals surface area contributed by atoms with Crippen LogP contribution in [0.1, 0.15) is 0 Å². The molecular formula is C44H28N2. The fourth-order valence-electron chi connectivity index (χ4n) is 7.57. The Bertz CT molecular complexity index is 2790. The monoisotopic (exact) mass is 584 g/mol. The van der Waals surface area contributed by atoms with Gasteiger partial charge in [-0.25, -0.2) is 0 Å². The topological polar surface area (TPSA) is 9.86 Å². The third kappa shape index (κ3) is 3.65. The Kier molecular flexibility index (Phi) is 5.31. The summed E-state index contributed by atoms with van der Waals surface area (Å²) in [5.74, 6) is 0. The largest absolute Gasteiger partial charge is 0.309 e. The van der Waals surface area contributed by atoms with Gasteiger partial charge in [0.1, 0.15) is 0 Å². The number of para-hydroxylation sites is 2. The first-order chi connectivity index (χ1) is 22.8. The molecule has 0 radical (unpaired) electrons. The molecule has 0 atom stereocenters. The number of rotatable bonds is 3. The Hall–Kier alpha value is -6.12. The van der Waals surface area contributed by atoms with Crippen LogP contribution in [0, 0.1) is 0 Å². The molecule has 0 spiro atoms. The maximum absolute atomic E-state index is 2.43. The molecule has 0 N–H and O–H groups in total. The summed E-state index contributed by atoms with van der Waals surface area (Å²) in [7, 11) is 0. The predicted octanol–water partition coefficient (Wildman–Crippen LogP) is 11.9. The molecule has 0 bridgehead atoms. The number of benzene rings is 8. The molecule has 0 aliphatic rings. The van der Waals surface area contributed by atoms with Gasteiger partial charge in [0, 0.05) is 32.9 Å². The van der Waals surface area contributed by atoms with Crippen molar-refractivity contribution in [3.63, 3.8) is 0 Å². The van der Waals surface area contributed by atoms with Crippen molar-refractivity contribution in [2.75, 3.05) is 0 Å². The maximum atomic E-state index is 2.43. The van der Waals surface area contributed by atoms with Crippen LogP contribution < -0.4 is 0 Å². The number of hydrogen-bond donors (Lipinski definition) is 0. The molecule has 0 amide bonds.